The maximum Gasteiger partial charge on any atom is 0.224 e. The van der Waals surface area contributed by atoms with E-state index in [9.17, 15) is 9.90 Å². The number of rotatable bonds is 2. The number of thiazole rings is 1. The van der Waals surface area contributed by atoms with Crippen molar-refractivity contribution in [3.63, 3.8) is 0 Å². The number of carboxylic acids is 1. The van der Waals surface area contributed by atoms with E-state index in [4.69, 9.17) is 0 Å². The number of para-hydroxylation sites is 1. The molecule has 1 N–H and O–H groups in total. The van der Waals surface area contributed by atoms with Crippen LogP contribution in [-0.4, -0.2) is 38.1 Å². The number of likely N-dealkylation sites (N-methyl/N-ethyl adjacent to an activating group) is 1. The monoisotopic (exact) mass is 253 g/mol. The molecule has 0 aliphatic carbocycles. The van der Waals surface area contributed by atoms with Crippen molar-refractivity contribution in [1.82, 2.24) is 0 Å². The number of carbonyl (C=O) groups is 1. The molecule has 0 spiro atoms. The Labute approximate surface area is 105 Å². The Balaban J connectivity index is 0.000000172. The van der Waals surface area contributed by atoms with Crippen LogP contribution in [0.5, 0.6) is 0 Å². The minimum atomic E-state index is -1.00. The van der Waals surface area contributed by atoms with Crippen molar-refractivity contribution in [1.29, 1.82) is 0 Å². The first-order valence-electron chi connectivity index (χ1n) is 5.23. The zero-order valence-corrected chi connectivity index (χ0v) is 11.1. The van der Waals surface area contributed by atoms with Gasteiger partial charge in [-0.1, -0.05) is 23.5 Å². The van der Waals surface area contributed by atoms with Crippen LogP contribution in [0.4, 0.5) is 0 Å². The molecule has 0 saturated heterocycles. The largest absolute Gasteiger partial charge is 0.544 e. The predicted octanol–water partition coefficient (Wildman–Crippen LogP) is 0.158. The summed E-state index contributed by atoms with van der Waals surface area (Å²) in [5, 5.41) is 9.89. The van der Waals surface area contributed by atoms with E-state index in [1.165, 1.54) is 10.2 Å². The summed E-state index contributed by atoms with van der Waals surface area (Å²) >= 11 is 1.73. The number of H-pyrrole nitrogens is 1. The van der Waals surface area contributed by atoms with Gasteiger partial charge in [-0.2, -0.15) is 0 Å². The van der Waals surface area contributed by atoms with Crippen molar-refractivity contribution in [2.24, 2.45) is 0 Å². The molecule has 2 rings (SSSR count). The summed E-state index contributed by atoms with van der Waals surface area (Å²) in [5.74, 6) is -1.00. The van der Waals surface area contributed by atoms with Crippen LogP contribution in [-0.2, 0) is 4.79 Å². The molecule has 5 heteroatoms. The number of aromatic amines is 1. The van der Waals surface area contributed by atoms with Gasteiger partial charge in [0.2, 0.25) is 11.0 Å². The SMILES string of the molecule is C[N+](C)(C)CC(=O)[O-].c1ccc2sc[nH+]c2c1. The lowest BCUT2D eigenvalue weighted by Crippen LogP contribution is -2.45. The zero-order chi connectivity index (χ0) is 12.9. The van der Waals surface area contributed by atoms with Crippen molar-refractivity contribution < 1.29 is 19.4 Å². The lowest BCUT2D eigenvalue weighted by Gasteiger charge is -2.23. The van der Waals surface area contributed by atoms with Crippen molar-refractivity contribution in [2.45, 2.75) is 0 Å². The van der Waals surface area contributed by atoms with Gasteiger partial charge in [-0.15, -0.1) is 0 Å². The van der Waals surface area contributed by atoms with Crippen LogP contribution in [0.25, 0.3) is 10.2 Å². The number of aromatic nitrogens is 1. The van der Waals surface area contributed by atoms with Crippen LogP contribution in [0.15, 0.2) is 29.8 Å². The second kappa shape index (κ2) is 5.75. The van der Waals surface area contributed by atoms with Gasteiger partial charge in [-0.25, -0.2) is 4.98 Å². The standard InChI is InChI=1S/C7H5NS.C5H11NO2/c1-2-4-7-6(3-1)8-5-9-7;1-6(2,3)4-5(7)8/h1-5H;4H2,1-3H3/p+1. The molecule has 2 aromatic rings. The Morgan fingerprint density at radius 2 is 2.00 bits per heavy atom. The van der Waals surface area contributed by atoms with E-state index in [0.717, 1.165) is 0 Å². The highest BCUT2D eigenvalue weighted by atomic mass is 32.1. The summed E-state index contributed by atoms with van der Waals surface area (Å²) in [6.07, 6.45) is 0. The average molecular weight is 253 g/mol. The van der Waals surface area contributed by atoms with Crippen LogP contribution < -0.4 is 10.1 Å². The first-order chi connectivity index (χ1) is 7.88. The predicted molar refractivity (Wildman–Crippen MR) is 66.3 cm³/mol. The van der Waals surface area contributed by atoms with Gasteiger partial charge in [-0.3, -0.25) is 0 Å². The fraction of sp³-hybridized carbons (Fsp3) is 0.333. The molecule has 0 unspecified atom stereocenters. The molecule has 0 fully saturated rings. The van der Waals surface area contributed by atoms with Gasteiger partial charge in [0.1, 0.15) is 11.2 Å². The van der Waals surface area contributed by atoms with Gasteiger partial charge in [0.15, 0.2) is 0 Å². The van der Waals surface area contributed by atoms with E-state index in [-0.39, 0.29) is 6.54 Å². The molecule has 0 atom stereocenters. The van der Waals surface area contributed by atoms with Crippen LogP contribution >= 0.6 is 11.3 Å². The fourth-order valence-electron chi connectivity index (χ4n) is 1.23. The summed E-state index contributed by atoms with van der Waals surface area (Å²) < 4.78 is 1.74. The number of nitrogens with zero attached hydrogens (tertiary/aromatic N) is 1. The highest BCUT2D eigenvalue weighted by Crippen LogP contribution is 2.12. The summed E-state index contributed by atoms with van der Waals surface area (Å²) in [5.41, 5.74) is 3.22. The van der Waals surface area contributed by atoms with E-state index >= 15 is 0 Å². The molecule has 4 nitrogen and oxygen atoms in total. The van der Waals surface area contributed by atoms with E-state index in [1.807, 2.05) is 17.6 Å². The number of aliphatic carboxylic acids is 1. The maximum atomic E-state index is 9.89. The molecule has 0 aliphatic heterocycles. The molecule has 1 aromatic carbocycles. The lowest BCUT2D eigenvalue weighted by atomic mass is 10.3. The summed E-state index contributed by atoms with van der Waals surface area (Å²) in [6, 6.07) is 8.26. The molecular weight excluding hydrogens is 236 g/mol. The van der Waals surface area contributed by atoms with E-state index in [2.05, 4.69) is 17.1 Å². The smallest absolute Gasteiger partial charge is 0.224 e. The van der Waals surface area contributed by atoms with Gasteiger partial charge in [-0.05, 0) is 6.07 Å². The van der Waals surface area contributed by atoms with Gasteiger partial charge >= 0.3 is 0 Å². The van der Waals surface area contributed by atoms with Crippen LogP contribution in [0, 0.1) is 0 Å². The number of nitrogens with one attached hydrogen (secondary N) is 1. The summed E-state index contributed by atoms with van der Waals surface area (Å²) in [6.45, 7) is 0.0694. The number of fused-ring (bicyclic) bond motifs is 1. The van der Waals surface area contributed by atoms with Crippen LogP contribution in [0.1, 0.15) is 0 Å². The summed E-state index contributed by atoms with van der Waals surface area (Å²) in [4.78, 5) is 13.0. The van der Waals surface area contributed by atoms with Gasteiger partial charge < -0.3 is 14.4 Å². The molecule has 0 saturated carbocycles. The highest BCUT2D eigenvalue weighted by Gasteiger charge is 2.04. The van der Waals surface area contributed by atoms with E-state index in [1.54, 1.807) is 32.5 Å². The van der Waals surface area contributed by atoms with Crippen LogP contribution in [0.3, 0.4) is 0 Å². The molecule has 0 amide bonds. The first-order valence-corrected chi connectivity index (χ1v) is 6.11. The van der Waals surface area contributed by atoms with Crippen molar-refractivity contribution in [3.05, 3.63) is 29.8 Å². The zero-order valence-electron chi connectivity index (χ0n) is 10.3. The Morgan fingerprint density at radius 3 is 2.47 bits per heavy atom. The minimum Gasteiger partial charge on any atom is -0.544 e. The molecule has 0 aliphatic rings. The van der Waals surface area contributed by atoms with Gasteiger partial charge in [0, 0.05) is 6.07 Å². The molecule has 0 bridgehead atoms. The number of hydrogen-bond acceptors (Lipinski definition) is 3. The third kappa shape index (κ3) is 5.42. The Bertz CT molecular complexity index is 458. The lowest BCUT2D eigenvalue weighted by molar-refractivity contribution is -0.864. The molecule has 0 radical (unpaired) electrons. The Kier molecular flexibility index (Phi) is 4.60. The van der Waals surface area contributed by atoms with Crippen molar-refractivity contribution >= 4 is 27.5 Å². The Morgan fingerprint density at radius 1 is 1.35 bits per heavy atom. The first kappa shape index (κ1) is 13.6. The number of quaternary nitrogens is 1. The molecule has 1 heterocycles. The number of carboxylic acid groups (broad SMARTS) is 1. The maximum absolute atomic E-state index is 9.89. The Hall–Kier alpha value is -1.46. The minimum absolute atomic E-state index is 0.0694. The van der Waals surface area contributed by atoms with Gasteiger partial charge in [0.25, 0.3) is 0 Å². The third-order valence-corrected chi connectivity index (χ3v) is 2.74. The summed E-state index contributed by atoms with van der Waals surface area (Å²) in [7, 11) is 5.40. The van der Waals surface area contributed by atoms with Crippen LogP contribution in [0.2, 0.25) is 0 Å². The number of carbonyl (C=O) groups excluding carboxylic acids is 1. The van der Waals surface area contributed by atoms with Crippen molar-refractivity contribution in [3.8, 4) is 0 Å². The fourth-order valence-corrected chi connectivity index (χ4v) is 1.96. The topological polar surface area (TPSA) is 54.3 Å². The molecular formula is C12H17N2O2S+. The third-order valence-electron chi connectivity index (χ3n) is 1.89. The van der Waals surface area contributed by atoms with Gasteiger partial charge in [0.05, 0.1) is 27.1 Å². The normalized spacial score (nSPS) is 10.8. The van der Waals surface area contributed by atoms with E-state index < -0.39 is 5.97 Å². The molecule has 17 heavy (non-hydrogen) atoms. The second-order valence-electron chi connectivity index (χ2n) is 4.70. The van der Waals surface area contributed by atoms with Crippen molar-refractivity contribution in [2.75, 3.05) is 27.7 Å². The van der Waals surface area contributed by atoms with E-state index in [0.29, 0.717) is 4.48 Å². The number of hydrogen-bond donors (Lipinski definition) is 0. The highest BCUT2D eigenvalue weighted by molar-refractivity contribution is 7.16. The quantitative estimate of drug-likeness (QED) is 0.716. The average Bonchev–Trinajstić information content (AvgIpc) is 2.61. The second-order valence-corrected chi connectivity index (χ2v) is 5.61. The number of benzene rings is 1. The molecule has 1 aromatic heterocycles. The molecule has 92 valence electrons.